The van der Waals surface area contributed by atoms with Gasteiger partial charge in [0, 0.05) is 11.9 Å². The van der Waals surface area contributed by atoms with Crippen molar-refractivity contribution in [1.82, 2.24) is 9.97 Å². The number of nitrogens with one attached hydrogen (secondary N) is 1. The number of rotatable bonds is 4. The summed E-state index contributed by atoms with van der Waals surface area (Å²) in [5.41, 5.74) is 2.12. The largest absolute Gasteiger partial charge is 0.321 e. The molecule has 0 aliphatic carbocycles. The van der Waals surface area contributed by atoms with E-state index in [4.69, 9.17) is 5.14 Å². The second-order valence-corrected chi connectivity index (χ2v) is 8.16. The van der Waals surface area contributed by atoms with Crippen molar-refractivity contribution in [3.8, 4) is 10.7 Å². The van der Waals surface area contributed by atoms with Crippen LogP contribution in [0.2, 0.25) is 0 Å². The van der Waals surface area contributed by atoms with Crippen molar-refractivity contribution in [3.05, 3.63) is 58.7 Å². The summed E-state index contributed by atoms with van der Waals surface area (Å²) in [5, 5.41) is 8.54. The lowest BCUT2D eigenvalue weighted by molar-refractivity contribution is 0.102. The molecule has 134 valence electrons. The maximum atomic E-state index is 12.6. The molecule has 2 heterocycles. The zero-order valence-corrected chi connectivity index (χ0v) is 15.7. The fraction of sp³-hybridized carbons (Fsp3) is 0.118. The van der Waals surface area contributed by atoms with E-state index >= 15 is 0 Å². The van der Waals surface area contributed by atoms with Crippen LogP contribution in [0.25, 0.3) is 10.7 Å². The van der Waals surface area contributed by atoms with Gasteiger partial charge in [-0.3, -0.25) is 9.78 Å². The lowest BCUT2D eigenvalue weighted by Crippen LogP contribution is -2.16. The molecule has 0 spiro atoms. The van der Waals surface area contributed by atoms with Gasteiger partial charge in [0.15, 0.2) is 0 Å². The number of amides is 1. The highest BCUT2D eigenvalue weighted by atomic mass is 32.2. The summed E-state index contributed by atoms with van der Waals surface area (Å²) in [6.07, 6.45) is 1.66. The first-order chi connectivity index (χ1) is 12.3. The predicted molar refractivity (Wildman–Crippen MR) is 101 cm³/mol. The summed E-state index contributed by atoms with van der Waals surface area (Å²) in [6, 6.07) is 10.0. The molecule has 9 heteroatoms. The first kappa shape index (κ1) is 18.2. The molecule has 0 unspecified atom stereocenters. The van der Waals surface area contributed by atoms with Crippen molar-refractivity contribution in [2.75, 3.05) is 5.32 Å². The van der Waals surface area contributed by atoms with Gasteiger partial charge in [0.25, 0.3) is 5.91 Å². The standard InChI is InChI=1S/C17H16N4O3S2/c1-10-6-7-12(9-14(10)26(18,23)24)21-16(22)15-11(2)20-17(25-15)13-5-3-4-8-19-13/h3-9H,1-2H3,(H,21,22)(H2,18,23,24). The number of primary sulfonamides is 1. The van der Waals surface area contributed by atoms with Gasteiger partial charge in [0.1, 0.15) is 9.88 Å². The van der Waals surface area contributed by atoms with Gasteiger partial charge >= 0.3 is 0 Å². The Hall–Kier alpha value is -2.62. The average Bonchev–Trinajstić information content (AvgIpc) is 2.98. The number of hydrogen-bond acceptors (Lipinski definition) is 6. The van der Waals surface area contributed by atoms with Gasteiger partial charge in [0.05, 0.1) is 16.3 Å². The first-order valence-corrected chi connectivity index (χ1v) is 9.95. The van der Waals surface area contributed by atoms with E-state index in [9.17, 15) is 13.2 Å². The van der Waals surface area contributed by atoms with Crippen LogP contribution in [0.3, 0.4) is 0 Å². The molecule has 0 radical (unpaired) electrons. The Labute approximate surface area is 155 Å². The topological polar surface area (TPSA) is 115 Å². The van der Waals surface area contributed by atoms with Crippen molar-refractivity contribution in [1.29, 1.82) is 0 Å². The summed E-state index contributed by atoms with van der Waals surface area (Å²) in [6.45, 7) is 3.38. The van der Waals surface area contributed by atoms with Crippen molar-refractivity contribution >= 4 is 33.0 Å². The second-order valence-electron chi connectivity index (χ2n) is 5.63. The maximum absolute atomic E-state index is 12.6. The van der Waals surface area contributed by atoms with Crippen LogP contribution < -0.4 is 10.5 Å². The number of hydrogen-bond donors (Lipinski definition) is 2. The summed E-state index contributed by atoms with van der Waals surface area (Å²) in [7, 11) is -3.87. The molecule has 0 atom stereocenters. The van der Waals surface area contributed by atoms with Gasteiger partial charge in [-0.05, 0) is 43.7 Å². The van der Waals surface area contributed by atoms with Crippen molar-refractivity contribution in [2.45, 2.75) is 18.7 Å². The maximum Gasteiger partial charge on any atom is 0.267 e. The van der Waals surface area contributed by atoms with Gasteiger partial charge in [0.2, 0.25) is 10.0 Å². The molecule has 0 fully saturated rings. The quantitative estimate of drug-likeness (QED) is 0.713. The minimum Gasteiger partial charge on any atom is -0.321 e. The van der Waals surface area contributed by atoms with Crippen LogP contribution in [-0.2, 0) is 10.0 Å². The highest BCUT2D eigenvalue weighted by Crippen LogP contribution is 2.27. The molecule has 3 N–H and O–H groups in total. The van der Waals surface area contributed by atoms with Crippen molar-refractivity contribution < 1.29 is 13.2 Å². The molecule has 0 saturated heterocycles. The van der Waals surface area contributed by atoms with E-state index in [0.717, 1.165) is 0 Å². The molecule has 7 nitrogen and oxygen atoms in total. The second kappa shape index (κ2) is 6.94. The fourth-order valence-electron chi connectivity index (χ4n) is 2.38. The molecular weight excluding hydrogens is 372 g/mol. The number of nitrogens with two attached hydrogens (primary N) is 1. The number of aromatic nitrogens is 2. The van der Waals surface area contributed by atoms with Gasteiger partial charge in [-0.1, -0.05) is 12.1 Å². The van der Waals surface area contributed by atoms with Gasteiger partial charge in [-0.15, -0.1) is 11.3 Å². The third-order valence-corrected chi connectivity index (χ3v) is 5.87. The number of anilines is 1. The SMILES string of the molecule is Cc1ccc(NC(=O)c2sc(-c3ccccn3)nc2C)cc1S(N)(=O)=O. The summed E-state index contributed by atoms with van der Waals surface area (Å²) >= 11 is 1.22. The molecule has 2 aromatic heterocycles. The third kappa shape index (κ3) is 3.79. The highest BCUT2D eigenvalue weighted by molar-refractivity contribution is 7.89. The predicted octanol–water partition coefficient (Wildman–Crippen LogP) is 2.72. The Morgan fingerprint density at radius 2 is 1.96 bits per heavy atom. The van der Waals surface area contributed by atoms with Crippen molar-refractivity contribution in [2.24, 2.45) is 5.14 Å². The van der Waals surface area contributed by atoms with E-state index < -0.39 is 10.0 Å². The molecule has 1 aromatic carbocycles. The van der Waals surface area contributed by atoms with Crippen LogP contribution in [0.1, 0.15) is 20.9 Å². The lowest BCUT2D eigenvalue weighted by atomic mass is 10.2. The number of carbonyl (C=O) groups excluding carboxylic acids is 1. The Morgan fingerprint density at radius 3 is 2.62 bits per heavy atom. The smallest absolute Gasteiger partial charge is 0.267 e. The van der Waals surface area contributed by atoms with Crippen LogP contribution >= 0.6 is 11.3 Å². The average molecular weight is 388 g/mol. The Balaban J connectivity index is 1.89. The molecular formula is C17H16N4O3S2. The van der Waals surface area contributed by atoms with Crippen LogP contribution in [0.4, 0.5) is 5.69 Å². The number of nitrogens with zero attached hydrogens (tertiary/aromatic N) is 2. The summed E-state index contributed by atoms with van der Waals surface area (Å²) in [5.74, 6) is -0.369. The van der Waals surface area contributed by atoms with Crippen molar-refractivity contribution in [3.63, 3.8) is 0 Å². The summed E-state index contributed by atoms with van der Waals surface area (Å²) in [4.78, 5) is 21.6. The summed E-state index contributed by atoms with van der Waals surface area (Å²) < 4.78 is 23.3. The fourth-order valence-corrected chi connectivity index (χ4v) is 4.12. The molecule has 0 aliphatic rings. The van der Waals surface area contributed by atoms with Crippen LogP contribution in [-0.4, -0.2) is 24.3 Å². The normalized spacial score (nSPS) is 11.3. The molecule has 3 rings (SSSR count). The third-order valence-electron chi connectivity index (χ3n) is 3.64. The number of aryl methyl sites for hydroxylation is 2. The van der Waals surface area contributed by atoms with Crippen LogP contribution in [0.5, 0.6) is 0 Å². The number of benzene rings is 1. The molecule has 0 saturated carbocycles. The highest BCUT2D eigenvalue weighted by Gasteiger charge is 2.18. The lowest BCUT2D eigenvalue weighted by Gasteiger charge is -2.08. The molecule has 1 amide bonds. The van der Waals surface area contributed by atoms with E-state index in [1.54, 1.807) is 38.2 Å². The van der Waals surface area contributed by atoms with E-state index in [2.05, 4.69) is 15.3 Å². The zero-order chi connectivity index (χ0) is 18.9. The van der Waals surface area contributed by atoms with E-state index in [1.807, 2.05) is 12.1 Å². The van der Waals surface area contributed by atoms with Gasteiger partial charge < -0.3 is 5.32 Å². The van der Waals surface area contributed by atoms with Crippen LogP contribution in [0.15, 0.2) is 47.5 Å². The van der Waals surface area contributed by atoms with E-state index in [1.165, 1.54) is 17.4 Å². The number of pyridine rings is 1. The monoisotopic (exact) mass is 388 g/mol. The molecule has 0 bridgehead atoms. The minimum absolute atomic E-state index is 0.0227. The number of thiazole rings is 1. The van der Waals surface area contributed by atoms with Gasteiger partial charge in [-0.25, -0.2) is 18.5 Å². The minimum atomic E-state index is -3.87. The van der Waals surface area contributed by atoms with E-state index in [0.29, 0.717) is 32.5 Å². The number of carbonyl (C=O) groups is 1. The molecule has 26 heavy (non-hydrogen) atoms. The number of sulfonamides is 1. The Bertz CT molecular complexity index is 1080. The first-order valence-electron chi connectivity index (χ1n) is 7.59. The zero-order valence-electron chi connectivity index (χ0n) is 14.1. The van der Waals surface area contributed by atoms with Gasteiger partial charge in [-0.2, -0.15) is 0 Å². The Morgan fingerprint density at radius 1 is 1.19 bits per heavy atom. The Kier molecular flexibility index (Phi) is 4.86. The molecule has 0 aliphatic heterocycles. The molecule has 3 aromatic rings. The van der Waals surface area contributed by atoms with E-state index in [-0.39, 0.29) is 10.8 Å². The van der Waals surface area contributed by atoms with Crippen LogP contribution in [0, 0.1) is 13.8 Å².